The molecule has 2 aromatic carbocycles. The molecule has 2 fully saturated rings. The van der Waals surface area contributed by atoms with Crippen LogP contribution in [0.15, 0.2) is 54.6 Å². The number of benzene rings is 2. The first-order chi connectivity index (χ1) is 20.7. The van der Waals surface area contributed by atoms with Crippen molar-refractivity contribution >= 4 is 23.5 Å². The predicted molar refractivity (Wildman–Crippen MR) is 168 cm³/mol. The highest BCUT2D eigenvalue weighted by molar-refractivity contribution is 6.30. The van der Waals surface area contributed by atoms with Crippen molar-refractivity contribution in [1.29, 1.82) is 0 Å². The number of aromatic nitrogens is 3. The zero-order valence-electron chi connectivity index (χ0n) is 24.5. The first-order valence-corrected chi connectivity index (χ1v) is 15.7. The van der Waals surface area contributed by atoms with Gasteiger partial charge in [0.1, 0.15) is 5.82 Å². The highest BCUT2D eigenvalue weighted by Gasteiger charge is 2.29. The Labute approximate surface area is 254 Å². The molecule has 1 aliphatic heterocycles. The van der Waals surface area contributed by atoms with E-state index in [9.17, 15) is 0 Å². The number of nitrogens with two attached hydrogens (primary N) is 1. The van der Waals surface area contributed by atoms with Crippen LogP contribution in [0.1, 0.15) is 61.0 Å². The lowest BCUT2D eigenvalue weighted by molar-refractivity contribution is 0.0547. The average Bonchev–Trinajstić information content (AvgIpc) is 3.04. The number of anilines is 2. The minimum absolute atomic E-state index is 0.166. The van der Waals surface area contributed by atoms with Crippen molar-refractivity contribution in [2.24, 2.45) is 5.73 Å². The van der Waals surface area contributed by atoms with Gasteiger partial charge in [-0.1, -0.05) is 73.3 Å². The van der Waals surface area contributed by atoms with Gasteiger partial charge in [0.2, 0.25) is 11.9 Å². The molecule has 1 aliphatic carbocycles. The Bertz CT molecular complexity index is 1200. The Morgan fingerprint density at radius 1 is 0.810 bits per heavy atom. The Morgan fingerprint density at radius 3 is 2.21 bits per heavy atom. The maximum Gasteiger partial charge on any atom is 0.230 e. The molecule has 9 nitrogen and oxygen atoms in total. The molecule has 1 atom stereocenters. The molecule has 2 aliphatic rings. The van der Waals surface area contributed by atoms with Crippen molar-refractivity contribution in [2.45, 2.75) is 44.1 Å². The number of nitrogens with zero attached hydrogens (tertiary/aromatic N) is 5. The van der Waals surface area contributed by atoms with E-state index in [1.165, 1.54) is 30.4 Å². The molecule has 2 heterocycles. The van der Waals surface area contributed by atoms with Gasteiger partial charge < -0.3 is 25.4 Å². The summed E-state index contributed by atoms with van der Waals surface area (Å²) in [5, 5.41) is 4.14. The molecule has 0 bridgehead atoms. The van der Waals surface area contributed by atoms with E-state index in [-0.39, 0.29) is 6.04 Å². The molecule has 5 rings (SSSR count). The third-order valence-corrected chi connectivity index (χ3v) is 8.29. The summed E-state index contributed by atoms with van der Waals surface area (Å²) >= 11 is 6.23. The summed E-state index contributed by atoms with van der Waals surface area (Å²) in [7, 11) is 0. The van der Waals surface area contributed by atoms with Gasteiger partial charge >= 0.3 is 0 Å². The molecule has 226 valence electrons. The number of rotatable bonds is 14. The second kappa shape index (κ2) is 16.1. The molecular formula is C32H44ClN7O2. The van der Waals surface area contributed by atoms with E-state index >= 15 is 0 Å². The molecule has 0 amide bonds. The highest BCUT2D eigenvalue weighted by Crippen LogP contribution is 2.33. The number of ether oxygens (including phenoxy) is 2. The minimum Gasteiger partial charge on any atom is -0.378 e. The van der Waals surface area contributed by atoms with Crippen LogP contribution in [0.4, 0.5) is 11.9 Å². The molecule has 0 spiro atoms. The van der Waals surface area contributed by atoms with E-state index in [2.05, 4.69) is 57.6 Å². The van der Waals surface area contributed by atoms with Crippen molar-refractivity contribution in [3.63, 3.8) is 0 Å². The molecule has 1 aromatic heterocycles. The van der Waals surface area contributed by atoms with Gasteiger partial charge in [0.15, 0.2) is 0 Å². The monoisotopic (exact) mass is 593 g/mol. The molecule has 42 heavy (non-hydrogen) atoms. The number of hydrogen-bond donors (Lipinski definition) is 2. The van der Waals surface area contributed by atoms with Gasteiger partial charge in [0.05, 0.1) is 32.5 Å². The lowest BCUT2D eigenvalue weighted by Crippen LogP contribution is -2.48. The summed E-state index contributed by atoms with van der Waals surface area (Å²) in [6.45, 7) is 6.83. The van der Waals surface area contributed by atoms with Gasteiger partial charge in [-0.15, -0.1) is 0 Å². The first-order valence-electron chi connectivity index (χ1n) is 15.4. The second-order valence-electron chi connectivity index (χ2n) is 11.0. The van der Waals surface area contributed by atoms with Gasteiger partial charge in [-0.05, 0) is 36.1 Å². The first kappa shape index (κ1) is 30.6. The molecule has 1 saturated heterocycles. The zero-order chi connectivity index (χ0) is 29.0. The number of halogens is 1. The van der Waals surface area contributed by atoms with Crippen LogP contribution < -0.4 is 16.0 Å². The van der Waals surface area contributed by atoms with E-state index in [1.54, 1.807) is 0 Å². The molecule has 10 heteroatoms. The number of hydrogen-bond acceptors (Lipinski definition) is 9. The van der Waals surface area contributed by atoms with Crippen molar-refractivity contribution in [3.05, 3.63) is 76.6 Å². The summed E-state index contributed by atoms with van der Waals surface area (Å²) < 4.78 is 11.1. The third kappa shape index (κ3) is 8.61. The van der Waals surface area contributed by atoms with Crippen LogP contribution in [0, 0.1) is 0 Å². The molecule has 0 radical (unpaired) electrons. The van der Waals surface area contributed by atoms with Gasteiger partial charge in [0, 0.05) is 50.2 Å². The number of piperazine rings is 1. The van der Waals surface area contributed by atoms with E-state index < -0.39 is 0 Å². The quantitative estimate of drug-likeness (QED) is 0.253. The van der Waals surface area contributed by atoms with Crippen molar-refractivity contribution in [1.82, 2.24) is 19.9 Å². The van der Waals surface area contributed by atoms with E-state index in [0.717, 1.165) is 55.8 Å². The molecular weight excluding hydrogens is 550 g/mol. The van der Waals surface area contributed by atoms with Crippen LogP contribution in [-0.4, -0.2) is 85.5 Å². The molecule has 3 N–H and O–H groups in total. The smallest absolute Gasteiger partial charge is 0.230 e. The largest absolute Gasteiger partial charge is 0.378 e. The summed E-state index contributed by atoms with van der Waals surface area (Å²) in [4.78, 5) is 19.6. The Morgan fingerprint density at radius 2 is 1.50 bits per heavy atom. The predicted octanol–water partition coefficient (Wildman–Crippen LogP) is 4.89. The lowest BCUT2D eigenvalue weighted by Gasteiger charge is -2.40. The average molecular weight is 594 g/mol. The van der Waals surface area contributed by atoms with Gasteiger partial charge in [0.25, 0.3) is 0 Å². The van der Waals surface area contributed by atoms with Gasteiger partial charge in [-0.2, -0.15) is 15.0 Å². The molecule has 1 unspecified atom stereocenters. The highest BCUT2D eigenvalue weighted by atomic mass is 35.5. The van der Waals surface area contributed by atoms with Crippen molar-refractivity contribution in [3.8, 4) is 0 Å². The SMILES string of the molecule is NCCOCCOCCNc1nc(C2CCCCC2)nc(N2CCN(C(c3ccccc3)c3ccc(Cl)cc3)CC2)n1. The normalized spacial score (nSPS) is 17.3. The second-order valence-corrected chi connectivity index (χ2v) is 11.4. The molecule has 3 aromatic rings. The van der Waals surface area contributed by atoms with Crippen LogP contribution >= 0.6 is 11.6 Å². The minimum atomic E-state index is 0.166. The van der Waals surface area contributed by atoms with Crippen LogP contribution in [0.3, 0.4) is 0 Å². The van der Waals surface area contributed by atoms with E-state index in [0.29, 0.717) is 51.4 Å². The Kier molecular flexibility index (Phi) is 11.8. The summed E-state index contributed by atoms with van der Waals surface area (Å²) in [6, 6.07) is 19.1. The fraction of sp³-hybridized carbons (Fsp3) is 0.531. The fourth-order valence-corrected chi connectivity index (χ4v) is 5.99. The number of nitrogens with one attached hydrogen (secondary N) is 1. The Hall–Kier alpha value is -2.82. The summed E-state index contributed by atoms with van der Waals surface area (Å²) in [5.41, 5.74) is 7.99. The lowest BCUT2D eigenvalue weighted by atomic mass is 9.89. The maximum atomic E-state index is 6.23. The Balaban J connectivity index is 1.26. The van der Waals surface area contributed by atoms with Crippen LogP contribution in [-0.2, 0) is 9.47 Å². The van der Waals surface area contributed by atoms with E-state index in [1.807, 2.05) is 12.1 Å². The maximum absolute atomic E-state index is 6.23. The topological polar surface area (TPSA) is 102 Å². The fourth-order valence-electron chi connectivity index (χ4n) is 5.86. The van der Waals surface area contributed by atoms with Crippen LogP contribution in [0.2, 0.25) is 5.02 Å². The standard InChI is InChI=1S/C32H44ClN7O2/c33-28-13-11-26(12-14-28)29(25-7-3-1-4-8-25)39-17-19-40(20-18-39)32-37-30(27-9-5-2-6-10-27)36-31(38-32)35-16-22-42-24-23-41-21-15-34/h1,3-4,7-8,11-14,27,29H,2,5-6,9-10,15-24,34H2,(H,35,36,37,38). The van der Waals surface area contributed by atoms with Gasteiger partial charge in [-0.3, -0.25) is 4.90 Å². The third-order valence-electron chi connectivity index (χ3n) is 8.04. The van der Waals surface area contributed by atoms with Gasteiger partial charge in [-0.25, -0.2) is 0 Å². The van der Waals surface area contributed by atoms with Crippen molar-refractivity contribution < 1.29 is 9.47 Å². The van der Waals surface area contributed by atoms with Crippen molar-refractivity contribution in [2.75, 3.05) is 75.9 Å². The zero-order valence-corrected chi connectivity index (χ0v) is 25.2. The van der Waals surface area contributed by atoms with E-state index in [4.69, 9.17) is 41.8 Å². The van der Waals surface area contributed by atoms with Crippen LogP contribution in [0.25, 0.3) is 0 Å². The molecule has 1 saturated carbocycles. The summed E-state index contributed by atoms with van der Waals surface area (Å²) in [5.74, 6) is 2.72. The summed E-state index contributed by atoms with van der Waals surface area (Å²) in [6.07, 6.45) is 6.05. The van der Waals surface area contributed by atoms with Crippen LogP contribution in [0.5, 0.6) is 0 Å².